The zero-order valence-corrected chi connectivity index (χ0v) is 35.4. The van der Waals surface area contributed by atoms with Crippen molar-refractivity contribution in [2.24, 2.45) is 0 Å². The van der Waals surface area contributed by atoms with Gasteiger partial charge in [-0.05, 0) is 106 Å². The van der Waals surface area contributed by atoms with E-state index in [4.69, 9.17) is 14.2 Å². The monoisotopic (exact) mass is 814 g/mol. The van der Waals surface area contributed by atoms with Crippen LogP contribution in [-0.2, 0) is 23.9 Å². The Hall–Kier alpha value is -5.43. The first kappa shape index (κ1) is 46.3. The van der Waals surface area contributed by atoms with Crippen molar-refractivity contribution in [1.29, 1.82) is 0 Å². The highest BCUT2D eigenvalue weighted by atomic mass is 16.6. The van der Waals surface area contributed by atoms with Gasteiger partial charge in [0.25, 0.3) is 5.91 Å². The Morgan fingerprint density at radius 2 is 1.39 bits per heavy atom. The first-order valence-corrected chi connectivity index (χ1v) is 20.8. The van der Waals surface area contributed by atoms with Gasteiger partial charge in [0.05, 0.1) is 19.8 Å². The number of carbonyl (C=O) groups is 5. The Labute approximate surface area is 348 Å². The Bertz CT molecular complexity index is 1820. The summed E-state index contributed by atoms with van der Waals surface area (Å²) in [5.41, 5.74) is 3.59. The summed E-state index contributed by atoms with van der Waals surface area (Å²) >= 11 is 0. The van der Waals surface area contributed by atoms with E-state index in [1.54, 1.807) is 32.9 Å². The molecule has 1 heterocycles. The van der Waals surface area contributed by atoms with Crippen molar-refractivity contribution < 1.29 is 43.3 Å². The molecule has 4 N–H and O–H groups in total. The van der Waals surface area contributed by atoms with Gasteiger partial charge in [-0.1, -0.05) is 81.1 Å². The number of esters is 1. The van der Waals surface area contributed by atoms with Gasteiger partial charge in [-0.3, -0.25) is 14.4 Å². The third kappa shape index (κ3) is 14.4. The Balaban J connectivity index is 1.41. The van der Waals surface area contributed by atoms with E-state index in [0.29, 0.717) is 18.4 Å². The summed E-state index contributed by atoms with van der Waals surface area (Å²) in [6.07, 6.45) is 5.35. The molecule has 4 amide bonds. The van der Waals surface area contributed by atoms with Gasteiger partial charge in [0.15, 0.2) is 0 Å². The van der Waals surface area contributed by atoms with Crippen LogP contribution in [0.25, 0.3) is 22.3 Å². The minimum Gasteiger partial charge on any atom is -0.494 e. The number of likely N-dealkylation sites (tertiary alicyclic amines) is 1. The molecular formula is C46H62N4O9. The van der Waals surface area contributed by atoms with Gasteiger partial charge in [-0.25, -0.2) is 9.59 Å². The van der Waals surface area contributed by atoms with E-state index in [9.17, 15) is 29.1 Å². The summed E-state index contributed by atoms with van der Waals surface area (Å²) in [4.78, 5) is 66.8. The highest BCUT2D eigenvalue weighted by Gasteiger charge is 2.40. The number of hydrogen-bond acceptors (Lipinski definition) is 9. The number of ether oxygens (including phenoxy) is 3. The average molecular weight is 815 g/mol. The fourth-order valence-electron chi connectivity index (χ4n) is 6.86. The summed E-state index contributed by atoms with van der Waals surface area (Å²) < 4.78 is 16.1. The van der Waals surface area contributed by atoms with Gasteiger partial charge in [0, 0.05) is 18.7 Å². The zero-order valence-electron chi connectivity index (χ0n) is 35.4. The summed E-state index contributed by atoms with van der Waals surface area (Å²) in [7, 11) is 1.24. The standard InChI is InChI=1S/C46H62N4O9/c1-7-8-9-10-11-30-58-37-26-24-35(25-27-37)33-18-16-32(17-19-33)34-20-22-36(23-21-34)41(52)48-38(14-12-28-47-45(56)59-46(3,4)5)42(53)49-40(31(2)51)43(54)50-29-13-15-39(50)44(55)57-6/h16-27,31,38-40,51H,7-15,28-30H2,1-6H3,(H,47,56)(H,48,52)(H,49,53)/t31-,38-,39+,40+/m1/s1. The molecule has 0 spiro atoms. The average Bonchev–Trinajstić information content (AvgIpc) is 3.72. The van der Waals surface area contributed by atoms with Crippen molar-refractivity contribution in [3.05, 3.63) is 78.4 Å². The molecule has 4 rings (SSSR count). The molecular weight excluding hydrogens is 753 g/mol. The lowest BCUT2D eigenvalue weighted by Crippen LogP contribution is -2.59. The van der Waals surface area contributed by atoms with E-state index in [0.717, 1.165) is 41.0 Å². The number of rotatable bonds is 20. The highest BCUT2D eigenvalue weighted by molar-refractivity contribution is 5.99. The molecule has 3 aromatic carbocycles. The molecule has 1 aliphatic heterocycles. The van der Waals surface area contributed by atoms with Gasteiger partial charge in [-0.15, -0.1) is 0 Å². The smallest absolute Gasteiger partial charge is 0.407 e. The van der Waals surface area contributed by atoms with E-state index >= 15 is 0 Å². The Kier molecular flexibility index (Phi) is 17.8. The lowest BCUT2D eigenvalue weighted by molar-refractivity contribution is -0.153. The molecule has 13 nitrogen and oxygen atoms in total. The summed E-state index contributed by atoms with van der Waals surface area (Å²) in [5, 5.41) is 18.6. The SMILES string of the molecule is CCCCCCCOc1ccc(-c2ccc(-c3ccc(C(=O)N[C@H](CCCNC(=O)OC(C)(C)C)C(=O)N[C@H](C(=O)N4CCC[C@H]4C(=O)OC)[C@@H](C)O)cc3)cc2)cc1. The number of nitrogens with zero attached hydrogens (tertiary/aromatic N) is 1. The lowest BCUT2D eigenvalue weighted by Gasteiger charge is -2.30. The molecule has 4 atom stereocenters. The van der Waals surface area contributed by atoms with Gasteiger partial charge >= 0.3 is 12.1 Å². The van der Waals surface area contributed by atoms with E-state index in [1.807, 2.05) is 48.5 Å². The van der Waals surface area contributed by atoms with E-state index in [1.165, 1.54) is 44.6 Å². The van der Waals surface area contributed by atoms with Crippen LogP contribution in [0.2, 0.25) is 0 Å². The van der Waals surface area contributed by atoms with Gasteiger partial charge in [0.1, 0.15) is 29.5 Å². The number of carbonyl (C=O) groups excluding carboxylic acids is 5. The number of hydrogen-bond donors (Lipinski definition) is 4. The van der Waals surface area contributed by atoms with Crippen molar-refractivity contribution >= 4 is 29.8 Å². The van der Waals surface area contributed by atoms with Crippen LogP contribution in [0.4, 0.5) is 4.79 Å². The molecule has 0 aromatic heterocycles. The second-order valence-electron chi connectivity index (χ2n) is 16.0. The van der Waals surface area contributed by atoms with E-state index in [-0.39, 0.29) is 25.9 Å². The van der Waals surface area contributed by atoms with Crippen LogP contribution < -0.4 is 20.7 Å². The topological polar surface area (TPSA) is 173 Å². The third-order valence-electron chi connectivity index (χ3n) is 10.1. The summed E-state index contributed by atoms with van der Waals surface area (Å²) in [6.45, 7) is 9.93. The number of aliphatic hydroxyl groups excluding tert-OH is 1. The molecule has 1 aliphatic rings. The van der Waals surface area contributed by atoms with E-state index < -0.39 is 59.6 Å². The minimum atomic E-state index is -1.39. The molecule has 0 radical (unpaired) electrons. The number of unbranched alkanes of at least 4 members (excludes halogenated alkanes) is 4. The number of aliphatic hydroxyl groups is 1. The lowest BCUT2D eigenvalue weighted by atomic mass is 9.99. The van der Waals surface area contributed by atoms with Gasteiger partial charge < -0.3 is 40.2 Å². The molecule has 1 fully saturated rings. The fraction of sp³-hybridized carbons (Fsp3) is 0.500. The normalized spacial score (nSPS) is 15.4. The van der Waals surface area contributed by atoms with Crippen molar-refractivity contribution in [3.63, 3.8) is 0 Å². The van der Waals surface area contributed by atoms with E-state index in [2.05, 4.69) is 35.0 Å². The second-order valence-corrected chi connectivity index (χ2v) is 16.0. The molecule has 0 saturated carbocycles. The van der Waals surface area contributed by atoms with Crippen LogP contribution in [0.15, 0.2) is 72.8 Å². The van der Waals surface area contributed by atoms with Crippen molar-refractivity contribution in [1.82, 2.24) is 20.9 Å². The molecule has 320 valence electrons. The van der Waals surface area contributed by atoms with Crippen LogP contribution in [0.1, 0.15) is 103 Å². The van der Waals surface area contributed by atoms with Crippen molar-refractivity contribution in [2.45, 2.75) is 122 Å². The highest BCUT2D eigenvalue weighted by Crippen LogP contribution is 2.27. The molecule has 3 aromatic rings. The van der Waals surface area contributed by atoms with Crippen LogP contribution in [0.3, 0.4) is 0 Å². The van der Waals surface area contributed by atoms with Crippen LogP contribution in [-0.4, -0.2) is 96.4 Å². The number of benzene rings is 3. The van der Waals surface area contributed by atoms with Crippen LogP contribution in [0.5, 0.6) is 5.75 Å². The molecule has 1 saturated heterocycles. The van der Waals surface area contributed by atoms with Crippen LogP contribution in [0, 0.1) is 0 Å². The van der Waals surface area contributed by atoms with Crippen LogP contribution >= 0.6 is 0 Å². The number of methoxy groups -OCH3 is 1. The predicted molar refractivity (Wildman–Crippen MR) is 227 cm³/mol. The van der Waals surface area contributed by atoms with Crippen molar-refractivity contribution in [3.8, 4) is 28.0 Å². The molecule has 0 unspecified atom stereocenters. The van der Waals surface area contributed by atoms with Crippen molar-refractivity contribution in [2.75, 3.05) is 26.8 Å². The predicted octanol–water partition coefficient (Wildman–Crippen LogP) is 6.80. The molecule has 0 bridgehead atoms. The third-order valence-corrected chi connectivity index (χ3v) is 10.1. The summed E-state index contributed by atoms with van der Waals surface area (Å²) in [6, 6.07) is 19.9. The first-order chi connectivity index (χ1) is 28.2. The maximum Gasteiger partial charge on any atom is 0.407 e. The number of amides is 4. The maximum absolute atomic E-state index is 13.8. The number of alkyl carbamates (subject to hydrolysis) is 1. The maximum atomic E-state index is 13.8. The molecule has 13 heteroatoms. The zero-order chi connectivity index (χ0) is 43.0. The number of nitrogens with one attached hydrogen (secondary N) is 3. The Morgan fingerprint density at radius 3 is 1.95 bits per heavy atom. The molecule has 59 heavy (non-hydrogen) atoms. The summed E-state index contributed by atoms with van der Waals surface area (Å²) in [5.74, 6) is -1.58. The fourth-order valence-corrected chi connectivity index (χ4v) is 6.86. The quantitative estimate of drug-likeness (QED) is 0.0707. The largest absolute Gasteiger partial charge is 0.494 e. The van der Waals surface area contributed by atoms with Gasteiger partial charge in [0.2, 0.25) is 11.8 Å². The van der Waals surface area contributed by atoms with Gasteiger partial charge in [-0.2, -0.15) is 0 Å². The first-order valence-electron chi connectivity index (χ1n) is 20.8. The second kappa shape index (κ2) is 22.6. The minimum absolute atomic E-state index is 0.0852. The Morgan fingerprint density at radius 1 is 0.814 bits per heavy atom. The molecule has 0 aliphatic carbocycles.